The maximum absolute atomic E-state index is 12.0. The number of benzene rings is 1. The van der Waals surface area contributed by atoms with Gasteiger partial charge in [-0.05, 0) is 39.0 Å². The highest BCUT2D eigenvalue weighted by Crippen LogP contribution is 2.22. The molecular formula is C16H22ClN3O5. The quantitative estimate of drug-likeness (QED) is 0.687. The minimum absolute atomic E-state index is 0.0305. The molecule has 0 atom stereocenters. The number of amides is 3. The number of hydrazine groups is 1. The number of carbonyl (C=O) groups excluding carboxylic acids is 3. The number of carbonyl (C=O) groups is 3. The lowest BCUT2D eigenvalue weighted by Gasteiger charge is -2.19. The van der Waals surface area contributed by atoms with Crippen molar-refractivity contribution in [1.82, 2.24) is 16.2 Å². The van der Waals surface area contributed by atoms with E-state index in [1.807, 2.05) is 0 Å². The minimum Gasteiger partial charge on any atom is -0.496 e. The first-order valence-corrected chi connectivity index (χ1v) is 7.90. The molecule has 3 amide bonds. The molecule has 0 aromatic heterocycles. The third kappa shape index (κ3) is 7.75. The first-order valence-electron chi connectivity index (χ1n) is 7.52. The molecule has 0 spiro atoms. The summed E-state index contributed by atoms with van der Waals surface area (Å²) in [4.78, 5) is 35.2. The maximum Gasteiger partial charge on any atom is 0.407 e. The monoisotopic (exact) mass is 371 g/mol. The van der Waals surface area contributed by atoms with Crippen LogP contribution in [0.15, 0.2) is 18.2 Å². The smallest absolute Gasteiger partial charge is 0.407 e. The summed E-state index contributed by atoms with van der Waals surface area (Å²) in [6.45, 7) is 5.28. The molecule has 0 bridgehead atoms. The van der Waals surface area contributed by atoms with Crippen LogP contribution < -0.4 is 20.9 Å². The van der Waals surface area contributed by atoms with E-state index in [4.69, 9.17) is 21.1 Å². The maximum atomic E-state index is 12.0. The van der Waals surface area contributed by atoms with Gasteiger partial charge in [0.25, 0.3) is 5.91 Å². The molecule has 0 heterocycles. The highest BCUT2D eigenvalue weighted by Gasteiger charge is 2.16. The van der Waals surface area contributed by atoms with Crippen molar-refractivity contribution in [3.63, 3.8) is 0 Å². The Labute approximate surface area is 151 Å². The number of hydrogen-bond acceptors (Lipinski definition) is 5. The molecule has 0 aliphatic heterocycles. The van der Waals surface area contributed by atoms with E-state index < -0.39 is 23.5 Å². The molecule has 25 heavy (non-hydrogen) atoms. The van der Waals surface area contributed by atoms with Crippen LogP contribution in [0.1, 0.15) is 37.6 Å². The molecule has 0 saturated heterocycles. The molecule has 3 N–H and O–H groups in total. The van der Waals surface area contributed by atoms with Gasteiger partial charge >= 0.3 is 6.09 Å². The van der Waals surface area contributed by atoms with Crippen molar-refractivity contribution in [2.45, 2.75) is 32.8 Å². The van der Waals surface area contributed by atoms with Gasteiger partial charge in [0.15, 0.2) is 0 Å². The Bertz CT molecular complexity index is 643. The van der Waals surface area contributed by atoms with Gasteiger partial charge in [-0.1, -0.05) is 11.6 Å². The molecular weight excluding hydrogens is 350 g/mol. The zero-order chi connectivity index (χ0) is 19.0. The SMILES string of the molecule is COc1cc(Cl)ccc1C(=O)NNC(=O)CCNC(=O)OC(C)(C)C. The molecule has 0 aliphatic carbocycles. The Balaban J connectivity index is 2.39. The van der Waals surface area contributed by atoms with Gasteiger partial charge in [0, 0.05) is 18.0 Å². The number of nitrogens with one attached hydrogen (secondary N) is 3. The Hall–Kier alpha value is -2.48. The van der Waals surface area contributed by atoms with Crippen molar-refractivity contribution in [3.8, 4) is 5.75 Å². The van der Waals surface area contributed by atoms with Crippen LogP contribution in [0.25, 0.3) is 0 Å². The van der Waals surface area contributed by atoms with E-state index in [1.54, 1.807) is 20.8 Å². The molecule has 0 saturated carbocycles. The predicted molar refractivity (Wildman–Crippen MR) is 92.5 cm³/mol. The third-order valence-electron chi connectivity index (χ3n) is 2.74. The molecule has 0 radical (unpaired) electrons. The van der Waals surface area contributed by atoms with Gasteiger partial charge in [-0.3, -0.25) is 20.4 Å². The van der Waals surface area contributed by atoms with Gasteiger partial charge in [-0.2, -0.15) is 0 Å². The second kappa shape index (κ2) is 9.12. The zero-order valence-corrected chi connectivity index (χ0v) is 15.3. The lowest BCUT2D eigenvalue weighted by Crippen LogP contribution is -2.43. The highest BCUT2D eigenvalue weighted by atomic mass is 35.5. The number of hydrogen-bond donors (Lipinski definition) is 3. The molecule has 0 fully saturated rings. The summed E-state index contributed by atoms with van der Waals surface area (Å²) in [5.74, 6) is -0.745. The van der Waals surface area contributed by atoms with E-state index in [9.17, 15) is 14.4 Å². The highest BCUT2D eigenvalue weighted by molar-refractivity contribution is 6.30. The Kier molecular flexibility index (Phi) is 7.50. The summed E-state index contributed by atoms with van der Waals surface area (Å²) in [6.07, 6.45) is -0.646. The third-order valence-corrected chi connectivity index (χ3v) is 2.98. The Morgan fingerprint density at radius 3 is 2.44 bits per heavy atom. The number of halogens is 1. The van der Waals surface area contributed by atoms with E-state index in [-0.39, 0.29) is 24.3 Å². The molecule has 1 rings (SSSR count). The van der Waals surface area contributed by atoms with Crippen LogP contribution in [0.3, 0.4) is 0 Å². The summed E-state index contributed by atoms with van der Waals surface area (Å²) < 4.78 is 10.1. The van der Waals surface area contributed by atoms with Crippen molar-refractivity contribution in [2.75, 3.05) is 13.7 Å². The van der Waals surface area contributed by atoms with Crippen LogP contribution in [-0.4, -0.2) is 37.2 Å². The van der Waals surface area contributed by atoms with Gasteiger partial charge in [0.2, 0.25) is 5.91 Å². The molecule has 9 heteroatoms. The van der Waals surface area contributed by atoms with Crippen LogP contribution in [0.2, 0.25) is 5.02 Å². The second-order valence-electron chi connectivity index (χ2n) is 6.03. The average molecular weight is 372 g/mol. The Morgan fingerprint density at radius 2 is 1.84 bits per heavy atom. The molecule has 1 aromatic rings. The van der Waals surface area contributed by atoms with E-state index >= 15 is 0 Å². The molecule has 8 nitrogen and oxygen atoms in total. The minimum atomic E-state index is -0.616. The van der Waals surface area contributed by atoms with E-state index in [1.165, 1.54) is 25.3 Å². The van der Waals surface area contributed by atoms with Crippen LogP contribution in [0, 0.1) is 0 Å². The number of alkyl carbamates (subject to hydrolysis) is 1. The fourth-order valence-electron chi connectivity index (χ4n) is 1.70. The largest absolute Gasteiger partial charge is 0.496 e. The predicted octanol–water partition coefficient (Wildman–Crippen LogP) is 2.02. The zero-order valence-electron chi connectivity index (χ0n) is 14.6. The van der Waals surface area contributed by atoms with Crippen molar-refractivity contribution < 1.29 is 23.9 Å². The van der Waals surface area contributed by atoms with Gasteiger partial charge in [0.05, 0.1) is 12.7 Å². The summed E-state index contributed by atoms with van der Waals surface area (Å²) in [6, 6.07) is 4.50. The topological polar surface area (TPSA) is 106 Å². The summed E-state index contributed by atoms with van der Waals surface area (Å²) in [5.41, 5.74) is 4.12. The normalized spacial score (nSPS) is 10.6. The van der Waals surface area contributed by atoms with Crippen molar-refractivity contribution in [3.05, 3.63) is 28.8 Å². The summed E-state index contributed by atoms with van der Waals surface area (Å²) in [5, 5.41) is 2.87. The lowest BCUT2D eigenvalue weighted by atomic mass is 10.2. The number of ether oxygens (including phenoxy) is 2. The number of methoxy groups -OCH3 is 1. The van der Waals surface area contributed by atoms with E-state index in [0.717, 1.165) is 0 Å². The molecule has 0 aliphatic rings. The first-order chi connectivity index (χ1) is 11.6. The molecule has 1 aromatic carbocycles. The van der Waals surface area contributed by atoms with E-state index in [0.29, 0.717) is 5.02 Å². The second-order valence-corrected chi connectivity index (χ2v) is 6.46. The average Bonchev–Trinajstić information content (AvgIpc) is 2.50. The van der Waals surface area contributed by atoms with Crippen molar-refractivity contribution in [1.29, 1.82) is 0 Å². The van der Waals surface area contributed by atoms with Gasteiger partial charge in [-0.25, -0.2) is 4.79 Å². The van der Waals surface area contributed by atoms with Crippen LogP contribution >= 0.6 is 11.6 Å². The first kappa shape index (κ1) is 20.6. The molecule has 138 valence electrons. The fraction of sp³-hybridized carbons (Fsp3) is 0.438. The van der Waals surface area contributed by atoms with Crippen LogP contribution in [-0.2, 0) is 9.53 Å². The standard InChI is InChI=1S/C16H22ClN3O5/c1-16(2,3)25-15(23)18-8-7-13(21)19-20-14(22)11-6-5-10(17)9-12(11)24-4/h5-6,9H,7-8H2,1-4H3,(H,18,23)(H,19,21)(H,20,22). The fourth-order valence-corrected chi connectivity index (χ4v) is 1.86. The van der Waals surface area contributed by atoms with Gasteiger partial charge in [-0.15, -0.1) is 0 Å². The van der Waals surface area contributed by atoms with Gasteiger partial charge < -0.3 is 14.8 Å². The number of rotatable bonds is 5. The van der Waals surface area contributed by atoms with Crippen molar-refractivity contribution in [2.24, 2.45) is 0 Å². The van der Waals surface area contributed by atoms with E-state index in [2.05, 4.69) is 16.2 Å². The van der Waals surface area contributed by atoms with Crippen molar-refractivity contribution >= 4 is 29.5 Å². The molecule has 0 unspecified atom stereocenters. The summed E-state index contributed by atoms with van der Waals surface area (Å²) in [7, 11) is 1.41. The van der Waals surface area contributed by atoms with Gasteiger partial charge in [0.1, 0.15) is 11.4 Å². The van der Waals surface area contributed by atoms with Crippen LogP contribution in [0.4, 0.5) is 4.79 Å². The van der Waals surface area contributed by atoms with Crippen LogP contribution in [0.5, 0.6) is 5.75 Å². The Morgan fingerprint density at radius 1 is 1.16 bits per heavy atom. The lowest BCUT2D eigenvalue weighted by molar-refractivity contribution is -0.121. The summed E-state index contributed by atoms with van der Waals surface area (Å²) >= 11 is 5.82.